The molecule has 27 heavy (non-hydrogen) atoms. The summed E-state index contributed by atoms with van der Waals surface area (Å²) in [6, 6.07) is 9.73. The van der Waals surface area contributed by atoms with Gasteiger partial charge in [0.25, 0.3) is 5.91 Å². The number of carbonyl (C=O) groups is 1. The first-order valence-electron chi connectivity index (χ1n) is 9.19. The first-order valence-corrected chi connectivity index (χ1v) is 9.19. The molecule has 1 aromatic carbocycles. The molecule has 3 fully saturated rings. The maximum Gasteiger partial charge on any atom is 0.261 e. The molecule has 1 aromatic heterocycles. The van der Waals surface area contributed by atoms with Crippen molar-refractivity contribution in [2.24, 2.45) is 0 Å². The SMILES string of the molecule is COc1ccc(OCC(=O)N2C3CC2CN(c2cc(C)nc(C)n2)C3)cc1. The van der Waals surface area contributed by atoms with Gasteiger partial charge in [0, 0.05) is 24.8 Å². The van der Waals surface area contributed by atoms with Crippen molar-refractivity contribution in [3.05, 3.63) is 41.9 Å². The Balaban J connectivity index is 1.34. The summed E-state index contributed by atoms with van der Waals surface area (Å²) in [5, 5.41) is 0. The summed E-state index contributed by atoms with van der Waals surface area (Å²) in [5.74, 6) is 3.22. The molecule has 5 rings (SSSR count). The Morgan fingerprint density at radius 3 is 2.41 bits per heavy atom. The summed E-state index contributed by atoms with van der Waals surface area (Å²) in [4.78, 5) is 25.7. The first-order chi connectivity index (χ1) is 13.0. The number of methoxy groups -OCH3 is 1. The zero-order valence-electron chi connectivity index (χ0n) is 15.9. The average Bonchev–Trinajstić information content (AvgIpc) is 2.66. The van der Waals surface area contributed by atoms with Crippen molar-refractivity contribution in [2.75, 3.05) is 31.7 Å². The van der Waals surface area contributed by atoms with Gasteiger partial charge in [-0.2, -0.15) is 0 Å². The van der Waals surface area contributed by atoms with Crippen LogP contribution in [0, 0.1) is 13.8 Å². The zero-order chi connectivity index (χ0) is 19.0. The molecule has 0 radical (unpaired) electrons. The Bertz CT molecular complexity index is 807. The second-order valence-electron chi connectivity index (χ2n) is 7.13. The Morgan fingerprint density at radius 2 is 1.78 bits per heavy atom. The van der Waals surface area contributed by atoms with E-state index in [1.807, 2.05) is 49.1 Å². The van der Waals surface area contributed by atoms with Crippen LogP contribution in [0.3, 0.4) is 0 Å². The fourth-order valence-electron chi connectivity index (χ4n) is 3.95. The second-order valence-corrected chi connectivity index (χ2v) is 7.13. The number of rotatable bonds is 5. The van der Waals surface area contributed by atoms with Gasteiger partial charge in [-0.1, -0.05) is 0 Å². The predicted molar refractivity (Wildman–Crippen MR) is 101 cm³/mol. The first kappa shape index (κ1) is 17.6. The molecule has 0 N–H and O–H groups in total. The summed E-state index contributed by atoms with van der Waals surface area (Å²) in [6.45, 7) is 5.56. The number of amides is 1. The number of anilines is 1. The molecule has 3 aliphatic heterocycles. The molecular formula is C20H24N4O3. The minimum absolute atomic E-state index is 0.0433. The Hall–Kier alpha value is -2.83. The van der Waals surface area contributed by atoms with Gasteiger partial charge in [0.15, 0.2) is 6.61 Å². The summed E-state index contributed by atoms with van der Waals surface area (Å²) in [6.07, 6.45) is 1.05. The molecule has 142 valence electrons. The molecule has 2 unspecified atom stereocenters. The summed E-state index contributed by atoms with van der Waals surface area (Å²) >= 11 is 0. The van der Waals surface area contributed by atoms with E-state index in [2.05, 4.69) is 14.9 Å². The minimum Gasteiger partial charge on any atom is -0.497 e. The molecule has 3 saturated heterocycles. The van der Waals surface area contributed by atoms with Crippen LogP contribution in [0.15, 0.2) is 30.3 Å². The van der Waals surface area contributed by atoms with Crippen molar-refractivity contribution in [3.8, 4) is 11.5 Å². The number of benzene rings is 1. The highest BCUT2D eigenvalue weighted by Gasteiger charge is 2.47. The van der Waals surface area contributed by atoms with Gasteiger partial charge < -0.3 is 19.3 Å². The molecule has 1 amide bonds. The van der Waals surface area contributed by atoms with Gasteiger partial charge >= 0.3 is 0 Å². The van der Waals surface area contributed by atoms with Crippen LogP contribution in [0.2, 0.25) is 0 Å². The topological polar surface area (TPSA) is 67.8 Å². The number of hydrogen-bond acceptors (Lipinski definition) is 6. The van der Waals surface area contributed by atoms with E-state index in [-0.39, 0.29) is 24.6 Å². The number of aromatic nitrogens is 2. The van der Waals surface area contributed by atoms with Crippen molar-refractivity contribution in [2.45, 2.75) is 32.4 Å². The van der Waals surface area contributed by atoms with Crippen molar-refractivity contribution in [1.29, 1.82) is 0 Å². The maximum absolute atomic E-state index is 12.6. The van der Waals surface area contributed by atoms with Crippen LogP contribution >= 0.6 is 0 Å². The van der Waals surface area contributed by atoms with E-state index in [9.17, 15) is 4.79 Å². The van der Waals surface area contributed by atoms with Crippen LogP contribution in [0.1, 0.15) is 17.9 Å². The van der Waals surface area contributed by atoms with Gasteiger partial charge in [-0.05, 0) is 44.5 Å². The molecule has 2 atom stereocenters. The Labute approximate surface area is 158 Å². The maximum atomic E-state index is 12.6. The van der Waals surface area contributed by atoms with E-state index in [1.165, 1.54) is 0 Å². The minimum atomic E-state index is 0.0433. The lowest BCUT2D eigenvalue weighted by atomic mass is 9.87. The highest BCUT2D eigenvalue weighted by Crippen LogP contribution is 2.34. The standard InChI is InChI=1S/C20H24N4O3/c1-13-8-19(22-14(2)21-13)23-10-15-9-16(11-23)24(15)20(25)12-27-18-6-4-17(26-3)5-7-18/h4-8,15-16H,9-12H2,1-3H3. The zero-order valence-corrected chi connectivity index (χ0v) is 15.9. The fraction of sp³-hybridized carbons (Fsp3) is 0.450. The van der Waals surface area contributed by atoms with Crippen LogP contribution in [0.25, 0.3) is 0 Å². The van der Waals surface area contributed by atoms with Gasteiger partial charge in [0.1, 0.15) is 23.1 Å². The third-order valence-corrected chi connectivity index (χ3v) is 5.18. The summed E-state index contributed by atoms with van der Waals surface area (Å²) in [7, 11) is 1.62. The van der Waals surface area contributed by atoms with Crippen molar-refractivity contribution < 1.29 is 14.3 Å². The average molecular weight is 368 g/mol. The van der Waals surface area contributed by atoms with Gasteiger partial charge in [-0.3, -0.25) is 4.79 Å². The predicted octanol–water partition coefficient (Wildman–Crippen LogP) is 1.97. The van der Waals surface area contributed by atoms with Crippen LogP contribution < -0.4 is 14.4 Å². The molecule has 0 aliphatic carbocycles. The summed E-state index contributed by atoms with van der Waals surface area (Å²) in [5.41, 5.74) is 0.970. The highest BCUT2D eigenvalue weighted by atomic mass is 16.5. The monoisotopic (exact) mass is 368 g/mol. The second kappa shape index (κ2) is 7.06. The van der Waals surface area contributed by atoms with Crippen LogP contribution in [0.5, 0.6) is 11.5 Å². The lowest BCUT2D eigenvalue weighted by Gasteiger charge is -2.56. The normalized spacial score (nSPS) is 20.9. The molecular weight excluding hydrogens is 344 g/mol. The number of aryl methyl sites for hydroxylation is 2. The molecule has 3 aliphatic rings. The van der Waals surface area contributed by atoms with Crippen LogP contribution in [-0.2, 0) is 4.79 Å². The van der Waals surface area contributed by atoms with E-state index >= 15 is 0 Å². The largest absolute Gasteiger partial charge is 0.497 e. The fourth-order valence-corrected chi connectivity index (χ4v) is 3.95. The molecule has 2 aromatic rings. The van der Waals surface area contributed by atoms with Gasteiger partial charge in [0.2, 0.25) is 0 Å². The number of nitrogens with zero attached hydrogens (tertiary/aromatic N) is 4. The van der Waals surface area contributed by atoms with Crippen LogP contribution in [-0.4, -0.2) is 59.7 Å². The Kier molecular flexibility index (Phi) is 4.59. The number of carbonyl (C=O) groups excluding carboxylic acids is 1. The van der Waals surface area contributed by atoms with Crippen molar-refractivity contribution in [3.63, 3.8) is 0 Å². The van der Waals surface area contributed by atoms with Crippen molar-refractivity contribution >= 4 is 11.7 Å². The third-order valence-electron chi connectivity index (χ3n) is 5.18. The number of ether oxygens (including phenoxy) is 2. The molecule has 4 heterocycles. The van der Waals surface area contributed by atoms with E-state index in [0.29, 0.717) is 5.75 Å². The number of fused-ring (bicyclic) bond motifs is 2. The van der Waals surface area contributed by atoms with Gasteiger partial charge in [-0.15, -0.1) is 0 Å². The van der Waals surface area contributed by atoms with Gasteiger partial charge in [0.05, 0.1) is 19.2 Å². The lowest BCUT2D eigenvalue weighted by Crippen LogP contribution is -2.71. The van der Waals surface area contributed by atoms with E-state index in [4.69, 9.17) is 9.47 Å². The van der Waals surface area contributed by atoms with Gasteiger partial charge in [-0.25, -0.2) is 9.97 Å². The van der Waals surface area contributed by atoms with E-state index < -0.39 is 0 Å². The van der Waals surface area contributed by atoms with E-state index in [1.54, 1.807) is 7.11 Å². The molecule has 7 heteroatoms. The number of piperazine rings is 1. The lowest BCUT2D eigenvalue weighted by molar-refractivity contribution is -0.148. The molecule has 2 bridgehead atoms. The third kappa shape index (κ3) is 3.54. The number of piperidine rings is 1. The molecule has 0 saturated carbocycles. The smallest absolute Gasteiger partial charge is 0.261 e. The van der Waals surface area contributed by atoms with Crippen molar-refractivity contribution in [1.82, 2.24) is 14.9 Å². The molecule has 0 spiro atoms. The Morgan fingerprint density at radius 1 is 1.11 bits per heavy atom. The highest BCUT2D eigenvalue weighted by molar-refractivity contribution is 5.80. The number of hydrogen-bond donors (Lipinski definition) is 0. The van der Waals surface area contributed by atoms with E-state index in [0.717, 1.165) is 42.6 Å². The molecule has 7 nitrogen and oxygen atoms in total. The summed E-state index contributed by atoms with van der Waals surface area (Å²) < 4.78 is 10.8. The van der Waals surface area contributed by atoms with Crippen LogP contribution in [0.4, 0.5) is 5.82 Å². The quantitative estimate of drug-likeness (QED) is 0.804.